The summed E-state index contributed by atoms with van der Waals surface area (Å²) in [4.78, 5) is 34.4. The lowest BCUT2D eigenvalue weighted by Gasteiger charge is -2.32. The van der Waals surface area contributed by atoms with Crippen LogP contribution in [0.5, 0.6) is 0 Å². The number of aromatic amines is 1. The highest BCUT2D eigenvalue weighted by atomic mass is 19.2. The second kappa shape index (κ2) is 9.85. The molecule has 0 saturated carbocycles. The molecule has 9 nitrogen and oxygen atoms in total. The van der Waals surface area contributed by atoms with Gasteiger partial charge in [-0.25, -0.2) is 22.6 Å². The summed E-state index contributed by atoms with van der Waals surface area (Å²) in [6.45, 7) is 0.507. The maximum atomic E-state index is 14.6. The van der Waals surface area contributed by atoms with Gasteiger partial charge in [-0.05, 0) is 61.4 Å². The third-order valence-electron chi connectivity index (χ3n) is 7.09. The van der Waals surface area contributed by atoms with Gasteiger partial charge in [0.25, 0.3) is 5.91 Å². The third-order valence-corrected chi connectivity index (χ3v) is 7.09. The first-order chi connectivity index (χ1) is 19.4. The Hall–Kier alpha value is -5.18. The number of hydrogen-bond acceptors (Lipinski definition) is 5. The summed E-state index contributed by atoms with van der Waals surface area (Å²) in [6, 6.07) is 12.7. The molecule has 1 aliphatic heterocycles. The Kier molecular flexibility index (Phi) is 6.18. The topological polar surface area (TPSA) is 113 Å². The number of nitrogens with one attached hydrogen (secondary N) is 1. The number of imidazole rings is 1. The van der Waals surface area contributed by atoms with E-state index in [2.05, 4.69) is 15.1 Å². The van der Waals surface area contributed by atoms with Crippen molar-refractivity contribution in [2.45, 2.75) is 18.9 Å². The van der Waals surface area contributed by atoms with E-state index in [0.29, 0.717) is 29.8 Å². The predicted molar refractivity (Wildman–Crippen MR) is 138 cm³/mol. The van der Waals surface area contributed by atoms with Crippen LogP contribution < -0.4 is 5.69 Å². The average Bonchev–Trinajstić information content (AvgIpc) is 3.57. The molecule has 1 N–H and O–H groups in total. The van der Waals surface area contributed by atoms with Crippen molar-refractivity contribution in [2.24, 2.45) is 0 Å². The number of aromatic nitrogens is 5. The Morgan fingerprint density at radius 3 is 2.55 bits per heavy atom. The molecule has 1 amide bonds. The number of likely N-dealkylation sites (tertiary alicyclic amines) is 1. The van der Waals surface area contributed by atoms with Crippen LogP contribution in [-0.4, -0.2) is 48.2 Å². The average molecular weight is 544 g/mol. The van der Waals surface area contributed by atoms with Crippen molar-refractivity contribution < 1.29 is 18.0 Å². The van der Waals surface area contributed by atoms with Crippen molar-refractivity contribution in [3.8, 4) is 23.0 Å². The van der Waals surface area contributed by atoms with E-state index in [1.54, 1.807) is 35.5 Å². The number of carbonyl (C=O) groups excluding carboxylic acids is 1. The number of halogens is 3. The molecule has 5 aromatic rings. The molecule has 6 rings (SSSR count). The molecule has 0 atom stereocenters. The van der Waals surface area contributed by atoms with Crippen LogP contribution in [0.3, 0.4) is 0 Å². The molecule has 2 aromatic carbocycles. The maximum absolute atomic E-state index is 14.6. The number of nitriles is 1. The van der Waals surface area contributed by atoms with E-state index in [9.17, 15) is 28.0 Å². The molecule has 1 saturated heterocycles. The monoisotopic (exact) mass is 543 g/mol. The van der Waals surface area contributed by atoms with E-state index in [1.165, 1.54) is 27.4 Å². The van der Waals surface area contributed by atoms with Gasteiger partial charge in [0.15, 0.2) is 17.3 Å². The predicted octanol–water partition coefficient (Wildman–Crippen LogP) is 4.34. The molecule has 40 heavy (non-hydrogen) atoms. The highest BCUT2D eigenvalue weighted by Gasteiger charge is 2.30. The van der Waals surface area contributed by atoms with Gasteiger partial charge in [0.05, 0.1) is 22.5 Å². The highest BCUT2D eigenvalue weighted by molar-refractivity contribution is 5.93. The first-order valence-electron chi connectivity index (χ1n) is 12.4. The van der Waals surface area contributed by atoms with E-state index < -0.39 is 29.2 Å². The van der Waals surface area contributed by atoms with Gasteiger partial charge in [0.2, 0.25) is 0 Å². The first kappa shape index (κ1) is 25.1. The highest BCUT2D eigenvalue weighted by Crippen LogP contribution is 2.29. The molecular weight excluding hydrogens is 523 g/mol. The summed E-state index contributed by atoms with van der Waals surface area (Å²) >= 11 is 0. The smallest absolute Gasteiger partial charge is 0.326 e. The first-order valence-corrected chi connectivity index (χ1v) is 12.4. The van der Waals surface area contributed by atoms with Crippen LogP contribution in [0, 0.1) is 28.8 Å². The molecule has 4 heterocycles. The van der Waals surface area contributed by atoms with Crippen LogP contribution in [0.1, 0.15) is 34.9 Å². The molecule has 1 fully saturated rings. The van der Waals surface area contributed by atoms with Gasteiger partial charge in [0, 0.05) is 37.1 Å². The number of fused-ring (bicyclic) bond motifs is 1. The van der Waals surface area contributed by atoms with Crippen LogP contribution in [0.25, 0.3) is 28.0 Å². The Balaban J connectivity index is 1.30. The van der Waals surface area contributed by atoms with Crippen LogP contribution in [0.4, 0.5) is 13.2 Å². The van der Waals surface area contributed by atoms with Crippen LogP contribution in [0.15, 0.2) is 65.7 Å². The zero-order valence-corrected chi connectivity index (χ0v) is 20.8. The lowest BCUT2D eigenvalue weighted by atomic mass is 10.0. The molecular formula is C28H20F3N7O2. The molecule has 12 heteroatoms. The van der Waals surface area contributed by atoms with Crippen LogP contribution in [0.2, 0.25) is 0 Å². The quantitative estimate of drug-likeness (QED) is 0.362. The largest absolute Gasteiger partial charge is 0.337 e. The Bertz CT molecular complexity index is 1860. The Morgan fingerprint density at radius 2 is 1.82 bits per heavy atom. The van der Waals surface area contributed by atoms with Crippen molar-refractivity contribution in [2.75, 3.05) is 13.1 Å². The maximum Gasteiger partial charge on any atom is 0.326 e. The fourth-order valence-corrected chi connectivity index (χ4v) is 5.12. The minimum absolute atomic E-state index is 0.120. The van der Waals surface area contributed by atoms with E-state index in [1.807, 2.05) is 6.07 Å². The zero-order valence-electron chi connectivity index (χ0n) is 20.8. The van der Waals surface area contributed by atoms with Crippen molar-refractivity contribution in [1.29, 1.82) is 5.26 Å². The minimum Gasteiger partial charge on any atom is -0.337 e. The van der Waals surface area contributed by atoms with E-state index >= 15 is 0 Å². The standard InChI is InChI=1S/C28H20F3N7O2/c29-20-4-3-19(12-17(20)14-32)38-24(16-2-1-9-33-15-16)13-23(35-38)27(39)36-10-7-18(8-11-36)37-26-22(34-28(37)40)6-5-21(30)25(26)31/h1-6,9,12-13,15,18H,7-8,10-11H2,(H,34,40). The summed E-state index contributed by atoms with van der Waals surface area (Å²) in [5.74, 6) is -3.18. The number of amides is 1. The SMILES string of the molecule is N#Cc1cc(-n2nc(C(=O)N3CCC(n4c(=O)[nH]c5ccc(F)c(F)c54)CC3)cc2-c2cccnc2)ccc1F. The number of piperidine rings is 1. The zero-order chi connectivity index (χ0) is 28.0. The number of rotatable bonds is 4. The van der Waals surface area contributed by atoms with Crippen molar-refractivity contribution in [3.05, 3.63) is 100 Å². The van der Waals surface area contributed by atoms with Crippen molar-refractivity contribution >= 4 is 16.9 Å². The van der Waals surface area contributed by atoms with Crippen molar-refractivity contribution in [3.63, 3.8) is 0 Å². The third kappa shape index (κ3) is 4.21. The van der Waals surface area contributed by atoms with Gasteiger partial charge in [0.1, 0.15) is 17.4 Å². The number of hydrogen-bond donors (Lipinski definition) is 1. The number of H-pyrrole nitrogens is 1. The van der Waals surface area contributed by atoms with Gasteiger partial charge in [-0.15, -0.1) is 0 Å². The Labute approximate surface area is 224 Å². The molecule has 0 unspecified atom stereocenters. The van der Waals surface area contributed by atoms with Gasteiger partial charge in [-0.3, -0.25) is 14.3 Å². The fourth-order valence-electron chi connectivity index (χ4n) is 5.12. The van der Waals surface area contributed by atoms with Crippen LogP contribution in [-0.2, 0) is 0 Å². The summed E-state index contributed by atoms with van der Waals surface area (Å²) in [5.41, 5.74) is 1.07. The lowest BCUT2D eigenvalue weighted by Crippen LogP contribution is -2.40. The van der Waals surface area contributed by atoms with E-state index in [0.717, 1.165) is 12.1 Å². The number of pyridine rings is 1. The van der Waals surface area contributed by atoms with Gasteiger partial charge >= 0.3 is 5.69 Å². The molecule has 0 bridgehead atoms. The van der Waals surface area contributed by atoms with Crippen molar-refractivity contribution in [1.82, 2.24) is 29.2 Å². The normalized spacial score (nSPS) is 14.0. The second-order valence-corrected chi connectivity index (χ2v) is 9.43. The van der Waals surface area contributed by atoms with Crippen LogP contribution >= 0.6 is 0 Å². The van der Waals surface area contributed by atoms with Gasteiger partial charge in [-0.1, -0.05) is 0 Å². The minimum atomic E-state index is -1.09. The van der Waals surface area contributed by atoms with Gasteiger partial charge in [-0.2, -0.15) is 10.4 Å². The molecule has 0 aliphatic carbocycles. The molecule has 0 spiro atoms. The molecule has 1 aliphatic rings. The fraction of sp³-hybridized carbons (Fsp3) is 0.179. The molecule has 0 radical (unpaired) electrons. The summed E-state index contributed by atoms with van der Waals surface area (Å²) in [5, 5.41) is 13.8. The lowest BCUT2D eigenvalue weighted by molar-refractivity contribution is 0.0688. The Morgan fingerprint density at radius 1 is 1.05 bits per heavy atom. The van der Waals surface area contributed by atoms with E-state index in [4.69, 9.17) is 0 Å². The molecule has 3 aromatic heterocycles. The summed E-state index contributed by atoms with van der Waals surface area (Å²) in [6.07, 6.45) is 3.89. The number of benzene rings is 2. The summed E-state index contributed by atoms with van der Waals surface area (Å²) in [7, 11) is 0. The van der Waals surface area contributed by atoms with E-state index in [-0.39, 0.29) is 41.3 Å². The number of nitrogens with zero attached hydrogens (tertiary/aromatic N) is 6. The number of carbonyl (C=O) groups is 1. The van der Waals surface area contributed by atoms with Gasteiger partial charge < -0.3 is 9.88 Å². The summed E-state index contributed by atoms with van der Waals surface area (Å²) < 4.78 is 45.1. The molecule has 200 valence electrons. The second-order valence-electron chi connectivity index (χ2n) is 9.43.